The molecule has 0 aromatic heterocycles. The number of methoxy groups -OCH3 is 1. The van der Waals surface area contributed by atoms with Crippen molar-refractivity contribution in [2.75, 3.05) is 25.1 Å². The van der Waals surface area contributed by atoms with Gasteiger partial charge in [0.15, 0.2) is 0 Å². The number of amides is 1. The molecule has 2 rings (SSSR count). The van der Waals surface area contributed by atoms with Crippen LogP contribution in [0.25, 0.3) is 0 Å². The van der Waals surface area contributed by atoms with Crippen LogP contribution in [0.4, 0.5) is 11.4 Å². The van der Waals surface area contributed by atoms with Crippen molar-refractivity contribution in [2.24, 2.45) is 5.41 Å². The van der Waals surface area contributed by atoms with Crippen LogP contribution in [0, 0.1) is 15.5 Å². The lowest BCUT2D eigenvalue weighted by Gasteiger charge is -2.39. The smallest absolute Gasteiger partial charge is 0.328 e. The summed E-state index contributed by atoms with van der Waals surface area (Å²) in [5.41, 5.74) is 0.617. The number of carbonyl (C=O) groups is 2. The Balaban J connectivity index is 2.27. The highest BCUT2D eigenvalue weighted by Gasteiger charge is 2.30. The quantitative estimate of drug-likeness (QED) is 0.490. The van der Waals surface area contributed by atoms with E-state index in [0.717, 1.165) is 25.9 Å². The average molecular weight is 363 g/mol. The SMILES string of the molecule is COC(=O)C(C)NC(=O)c1ccc(N2CCCC(C)(C)C2)c([N+](=O)[O-])c1. The largest absolute Gasteiger partial charge is 0.467 e. The monoisotopic (exact) mass is 363 g/mol. The van der Waals surface area contributed by atoms with Crippen molar-refractivity contribution >= 4 is 23.3 Å². The van der Waals surface area contributed by atoms with Crippen molar-refractivity contribution in [1.82, 2.24) is 5.32 Å². The van der Waals surface area contributed by atoms with E-state index in [2.05, 4.69) is 23.9 Å². The Hall–Kier alpha value is -2.64. The van der Waals surface area contributed by atoms with Gasteiger partial charge < -0.3 is 15.0 Å². The maximum absolute atomic E-state index is 12.3. The molecule has 1 aliphatic heterocycles. The summed E-state index contributed by atoms with van der Waals surface area (Å²) in [6.45, 7) is 7.23. The molecule has 1 aromatic rings. The number of nitro groups is 1. The first-order chi connectivity index (χ1) is 12.1. The molecule has 1 saturated heterocycles. The molecule has 142 valence electrons. The Kier molecular flexibility index (Phi) is 5.84. The number of carbonyl (C=O) groups excluding carboxylic acids is 2. The molecule has 1 fully saturated rings. The number of hydrogen-bond donors (Lipinski definition) is 1. The number of hydrogen-bond acceptors (Lipinski definition) is 6. The minimum Gasteiger partial charge on any atom is -0.467 e. The molecule has 8 nitrogen and oxygen atoms in total. The maximum atomic E-state index is 12.3. The molecule has 1 atom stereocenters. The number of ether oxygens (including phenoxy) is 1. The zero-order valence-corrected chi connectivity index (χ0v) is 15.6. The van der Waals surface area contributed by atoms with Crippen molar-refractivity contribution in [3.63, 3.8) is 0 Å². The lowest BCUT2D eigenvalue weighted by atomic mass is 9.84. The van der Waals surface area contributed by atoms with E-state index in [0.29, 0.717) is 5.69 Å². The maximum Gasteiger partial charge on any atom is 0.328 e. The second-order valence-corrected chi connectivity index (χ2v) is 7.37. The molecule has 1 aliphatic rings. The van der Waals surface area contributed by atoms with Gasteiger partial charge in [-0.1, -0.05) is 13.8 Å². The third-order valence-electron chi connectivity index (χ3n) is 4.58. The highest BCUT2D eigenvalue weighted by Crippen LogP contribution is 2.36. The summed E-state index contributed by atoms with van der Waals surface area (Å²) in [5, 5.41) is 14.0. The van der Waals surface area contributed by atoms with Gasteiger partial charge in [-0.3, -0.25) is 14.9 Å². The highest BCUT2D eigenvalue weighted by atomic mass is 16.6. The van der Waals surface area contributed by atoms with Crippen molar-refractivity contribution < 1.29 is 19.2 Å². The molecule has 1 aromatic carbocycles. The molecule has 1 heterocycles. The summed E-state index contributed by atoms with van der Waals surface area (Å²) in [6.07, 6.45) is 2.03. The van der Waals surface area contributed by atoms with Gasteiger partial charge in [0.1, 0.15) is 11.7 Å². The van der Waals surface area contributed by atoms with E-state index >= 15 is 0 Å². The van der Waals surface area contributed by atoms with Crippen LogP contribution < -0.4 is 10.2 Å². The molecular formula is C18H25N3O5. The topological polar surface area (TPSA) is 102 Å². The summed E-state index contributed by atoms with van der Waals surface area (Å²) >= 11 is 0. The summed E-state index contributed by atoms with van der Waals surface area (Å²) in [6, 6.07) is 3.57. The van der Waals surface area contributed by atoms with Crippen LogP contribution in [0.1, 0.15) is 44.0 Å². The van der Waals surface area contributed by atoms with E-state index in [1.54, 1.807) is 12.1 Å². The molecule has 0 spiro atoms. The third-order valence-corrected chi connectivity index (χ3v) is 4.58. The van der Waals surface area contributed by atoms with Crippen molar-refractivity contribution in [2.45, 2.75) is 39.7 Å². The normalized spacial score (nSPS) is 17.3. The molecule has 8 heteroatoms. The first kappa shape index (κ1) is 19.7. The van der Waals surface area contributed by atoms with Crippen LogP contribution >= 0.6 is 0 Å². The standard InChI is InChI=1S/C18H25N3O5/c1-12(17(23)26-4)19-16(22)13-6-7-14(15(10-13)21(24)25)20-9-5-8-18(2,3)11-20/h6-7,10,12H,5,8-9,11H2,1-4H3,(H,19,22). The van der Waals surface area contributed by atoms with Gasteiger partial charge in [0.25, 0.3) is 11.6 Å². The van der Waals surface area contributed by atoms with Gasteiger partial charge in [-0.15, -0.1) is 0 Å². The fraction of sp³-hybridized carbons (Fsp3) is 0.556. The summed E-state index contributed by atoms with van der Waals surface area (Å²) in [5.74, 6) is -1.14. The number of piperidine rings is 1. The molecular weight excluding hydrogens is 338 g/mol. The second-order valence-electron chi connectivity index (χ2n) is 7.37. The fourth-order valence-corrected chi connectivity index (χ4v) is 3.22. The number of esters is 1. The third kappa shape index (κ3) is 4.50. The Labute approximate surface area is 152 Å². The lowest BCUT2D eigenvalue weighted by molar-refractivity contribution is -0.384. The minimum absolute atomic E-state index is 0.0815. The van der Waals surface area contributed by atoms with Crippen LogP contribution in [0.5, 0.6) is 0 Å². The molecule has 26 heavy (non-hydrogen) atoms. The molecule has 1 N–H and O–H groups in total. The van der Waals surface area contributed by atoms with Crippen molar-refractivity contribution in [1.29, 1.82) is 0 Å². The molecule has 0 bridgehead atoms. The van der Waals surface area contributed by atoms with E-state index < -0.39 is 22.8 Å². The Morgan fingerprint density at radius 3 is 2.65 bits per heavy atom. The number of anilines is 1. The summed E-state index contributed by atoms with van der Waals surface area (Å²) in [4.78, 5) is 36.8. The Bertz CT molecular complexity index is 717. The van der Waals surface area contributed by atoms with Crippen LogP contribution in [0.15, 0.2) is 18.2 Å². The van der Waals surface area contributed by atoms with Gasteiger partial charge in [-0.2, -0.15) is 0 Å². The van der Waals surface area contributed by atoms with Gasteiger partial charge in [0.2, 0.25) is 0 Å². The zero-order chi connectivity index (χ0) is 19.5. The average Bonchev–Trinajstić information content (AvgIpc) is 2.59. The molecule has 0 radical (unpaired) electrons. The first-order valence-corrected chi connectivity index (χ1v) is 8.57. The second kappa shape index (κ2) is 7.72. The zero-order valence-electron chi connectivity index (χ0n) is 15.6. The molecule has 1 unspecified atom stereocenters. The van der Waals surface area contributed by atoms with Crippen molar-refractivity contribution in [3.8, 4) is 0 Å². The van der Waals surface area contributed by atoms with E-state index in [-0.39, 0.29) is 16.7 Å². The minimum atomic E-state index is -0.839. The number of rotatable bonds is 5. The van der Waals surface area contributed by atoms with E-state index in [4.69, 9.17) is 0 Å². The highest BCUT2D eigenvalue weighted by molar-refractivity contribution is 5.98. The molecule has 0 saturated carbocycles. The Morgan fingerprint density at radius 1 is 1.38 bits per heavy atom. The van der Waals surface area contributed by atoms with Gasteiger partial charge in [0, 0.05) is 24.7 Å². The van der Waals surface area contributed by atoms with E-state index in [1.807, 2.05) is 4.90 Å². The van der Waals surface area contributed by atoms with Crippen LogP contribution in [-0.2, 0) is 9.53 Å². The molecule has 0 aliphatic carbocycles. The van der Waals surface area contributed by atoms with Gasteiger partial charge in [-0.25, -0.2) is 4.79 Å². The Morgan fingerprint density at radius 2 is 2.08 bits per heavy atom. The molecule has 1 amide bonds. The predicted octanol–water partition coefficient (Wildman–Crippen LogP) is 2.51. The van der Waals surface area contributed by atoms with Crippen molar-refractivity contribution in [3.05, 3.63) is 33.9 Å². The summed E-state index contributed by atoms with van der Waals surface area (Å²) in [7, 11) is 1.23. The fourth-order valence-electron chi connectivity index (χ4n) is 3.22. The number of nitrogens with zero attached hydrogens (tertiary/aromatic N) is 2. The number of benzene rings is 1. The van der Waals surface area contributed by atoms with Crippen LogP contribution in [0.2, 0.25) is 0 Å². The summed E-state index contributed by atoms with van der Waals surface area (Å²) < 4.78 is 4.56. The van der Waals surface area contributed by atoms with Gasteiger partial charge >= 0.3 is 5.97 Å². The van der Waals surface area contributed by atoms with E-state index in [9.17, 15) is 19.7 Å². The van der Waals surface area contributed by atoms with E-state index in [1.165, 1.54) is 20.1 Å². The predicted molar refractivity (Wildman–Crippen MR) is 97.3 cm³/mol. The van der Waals surface area contributed by atoms with Crippen LogP contribution in [-0.4, -0.2) is 43.0 Å². The number of nitrogens with one attached hydrogen (secondary N) is 1. The first-order valence-electron chi connectivity index (χ1n) is 8.57. The van der Waals surface area contributed by atoms with Gasteiger partial charge in [0.05, 0.1) is 12.0 Å². The number of nitro benzene ring substituents is 1. The lowest BCUT2D eigenvalue weighted by Crippen LogP contribution is -2.40. The van der Waals surface area contributed by atoms with Gasteiger partial charge in [-0.05, 0) is 37.3 Å². The van der Waals surface area contributed by atoms with Crippen LogP contribution in [0.3, 0.4) is 0 Å².